The molecule has 0 saturated heterocycles. The van der Waals surface area contributed by atoms with Crippen LogP contribution in [0, 0.1) is 0 Å². The summed E-state index contributed by atoms with van der Waals surface area (Å²) in [7, 11) is -2.27. The minimum absolute atomic E-state index is 0.818. The smallest absolute Gasteiger partial charge is 0.305 e. The molecule has 0 aliphatic heterocycles. The molecule has 0 aromatic heterocycles. The summed E-state index contributed by atoms with van der Waals surface area (Å²) < 4.78 is 12.6. The molecule has 3 heteroatoms. The summed E-state index contributed by atoms with van der Waals surface area (Å²) >= 11 is 0. The Kier molecular flexibility index (Phi) is 4.41. The third kappa shape index (κ3) is 3.47. The van der Waals surface area contributed by atoms with Gasteiger partial charge in [0.05, 0.1) is 0 Å². The van der Waals surface area contributed by atoms with Crippen molar-refractivity contribution < 1.29 is 9.05 Å². The first-order chi connectivity index (χ1) is 10.8. The number of hydrogen-bond acceptors (Lipinski definition) is 2. The summed E-state index contributed by atoms with van der Waals surface area (Å²) in [5, 5.41) is 1.07. The van der Waals surface area contributed by atoms with Crippen molar-refractivity contribution in [3.8, 4) is 11.5 Å². The molecule has 0 fully saturated rings. The molecule has 3 aromatic carbocycles. The van der Waals surface area contributed by atoms with Gasteiger partial charge in [-0.05, 0) is 36.4 Å². The first kappa shape index (κ1) is 14.6. The quantitative estimate of drug-likeness (QED) is 0.621. The van der Waals surface area contributed by atoms with E-state index in [9.17, 15) is 0 Å². The lowest BCUT2D eigenvalue weighted by Crippen LogP contribution is -2.20. The first-order valence-electron chi connectivity index (χ1n) is 7.18. The monoisotopic (exact) mass is 309 g/mol. The van der Waals surface area contributed by atoms with Crippen LogP contribution in [0.5, 0.6) is 11.5 Å². The van der Waals surface area contributed by atoms with E-state index >= 15 is 0 Å². The van der Waals surface area contributed by atoms with E-state index in [4.69, 9.17) is 9.05 Å². The van der Waals surface area contributed by atoms with E-state index in [0.29, 0.717) is 0 Å². The maximum absolute atomic E-state index is 6.28. The average molecular weight is 309 g/mol. The fourth-order valence-corrected chi connectivity index (χ4v) is 4.20. The van der Waals surface area contributed by atoms with Crippen molar-refractivity contribution in [1.29, 1.82) is 0 Å². The molecule has 0 amide bonds. The first-order valence-corrected chi connectivity index (χ1v) is 9.25. The topological polar surface area (TPSA) is 18.5 Å². The van der Waals surface area contributed by atoms with E-state index in [0.717, 1.165) is 16.8 Å². The average Bonchev–Trinajstić information content (AvgIpc) is 2.57. The summed E-state index contributed by atoms with van der Waals surface area (Å²) in [6.45, 7) is 2.04. The summed E-state index contributed by atoms with van der Waals surface area (Å²) in [6.07, 6.45) is 0. The van der Waals surface area contributed by atoms with Gasteiger partial charge in [0.25, 0.3) is 0 Å². The Morgan fingerprint density at radius 2 is 0.909 bits per heavy atom. The Bertz CT molecular complexity index is 658. The van der Waals surface area contributed by atoms with E-state index in [-0.39, 0.29) is 0 Å². The van der Waals surface area contributed by atoms with Crippen LogP contribution < -0.4 is 14.4 Å². The summed E-state index contributed by atoms with van der Waals surface area (Å²) in [4.78, 5) is 0. The lowest BCUT2D eigenvalue weighted by molar-refractivity contribution is 0.481. The SMILES string of the molecule is C[P+](Oc1ccccc1)(Oc1ccccc1)c1ccccc1. The van der Waals surface area contributed by atoms with Gasteiger partial charge in [0.15, 0.2) is 16.8 Å². The largest absolute Gasteiger partial charge is 0.393 e. The minimum Gasteiger partial charge on any atom is -0.305 e. The molecule has 0 unspecified atom stereocenters. The van der Waals surface area contributed by atoms with Crippen LogP contribution in [0.1, 0.15) is 0 Å². The van der Waals surface area contributed by atoms with Crippen LogP contribution in [0.25, 0.3) is 0 Å². The van der Waals surface area contributed by atoms with Gasteiger partial charge in [0, 0.05) is 0 Å². The summed E-state index contributed by atoms with van der Waals surface area (Å²) in [5.41, 5.74) is 0. The van der Waals surface area contributed by atoms with Crippen LogP contribution in [0.2, 0.25) is 0 Å². The van der Waals surface area contributed by atoms with Gasteiger partial charge in [0.2, 0.25) is 0 Å². The molecule has 0 aliphatic rings. The van der Waals surface area contributed by atoms with E-state index in [1.807, 2.05) is 85.5 Å². The van der Waals surface area contributed by atoms with Crippen LogP contribution in [-0.4, -0.2) is 6.66 Å². The number of rotatable bonds is 5. The Morgan fingerprint density at radius 3 is 1.32 bits per heavy atom. The molecule has 3 aromatic rings. The van der Waals surface area contributed by atoms with Gasteiger partial charge >= 0.3 is 7.72 Å². The zero-order chi connectivity index (χ0) is 15.3. The summed E-state index contributed by atoms with van der Waals surface area (Å²) in [5.74, 6) is 1.64. The molecule has 0 N–H and O–H groups in total. The van der Waals surface area contributed by atoms with Gasteiger partial charge in [-0.25, -0.2) is 0 Å². The predicted octanol–water partition coefficient (Wildman–Crippen LogP) is 4.95. The minimum atomic E-state index is -2.27. The molecule has 0 radical (unpaired) electrons. The maximum atomic E-state index is 6.28. The Hall–Kier alpha value is -2.31. The fourth-order valence-electron chi connectivity index (χ4n) is 2.19. The van der Waals surface area contributed by atoms with Crippen molar-refractivity contribution in [3.05, 3.63) is 91.0 Å². The maximum Gasteiger partial charge on any atom is 0.393 e. The molecule has 0 saturated carbocycles. The zero-order valence-electron chi connectivity index (χ0n) is 12.4. The zero-order valence-corrected chi connectivity index (χ0v) is 13.3. The lowest BCUT2D eigenvalue weighted by atomic mass is 10.3. The molecule has 110 valence electrons. The molecule has 0 heterocycles. The molecule has 3 rings (SSSR count). The molecule has 2 nitrogen and oxygen atoms in total. The molecule has 0 aliphatic carbocycles. The second-order valence-corrected chi connectivity index (χ2v) is 7.56. The second kappa shape index (κ2) is 6.64. The highest BCUT2D eigenvalue weighted by Gasteiger charge is 2.42. The van der Waals surface area contributed by atoms with Gasteiger partial charge < -0.3 is 9.05 Å². The van der Waals surface area contributed by atoms with Gasteiger partial charge in [-0.15, -0.1) is 0 Å². The third-order valence-corrected chi connectivity index (χ3v) is 5.63. The third-order valence-electron chi connectivity index (χ3n) is 3.27. The van der Waals surface area contributed by atoms with E-state index in [2.05, 4.69) is 12.1 Å². The van der Waals surface area contributed by atoms with Crippen molar-refractivity contribution in [2.24, 2.45) is 0 Å². The highest BCUT2D eigenvalue weighted by Crippen LogP contribution is 2.55. The predicted molar refractivity (Wildman–Crippen MR) is 93.1 cm³/mol. The normalized spacial score (nSPS) is 11.0. The summed E-state index contributed by atoms with van der Waals surface area (Å²) in [6, 6.07) is 29.8. The van der Waals surface area contributed by atoms with Gasteiger partial charge in [-0.1, -0.05) is 54.6 Å². The van der Waals surface area contributed by atoms with Gasteiger partial charge in [0.1, 0.15) is 6.66 Å². The van der Waals surface area contributed by atoms with Crippen LogP contribution in [0.4, 0.5) is 0 Å². The van der Waals surface area contributed by atoms with Crippen molar-refractivity contribution in [2.75, 3.05) is 6.66 Å². The molecular formula is C19H18O2P+. The number of para-hydroxylation sites is 2. The molecule has 0 spiro atoms. The van der Waals surface area contributed by atoms with E-state index < -0.39 is 7.72 Å². The van der Waals surface area contributed by atoms with Crippen molar-refractivity contribution in [2.45, 2.75) is 0 Å². The van der Waals surface area contributed by atoms with Crippen molar-refractivity contribution in [1.82, 2.24) is 0 Å². The molecule has 0 atom stereocenters. The lowest BCUT2D eigenvalue weighted by Gasteiger charge is -2.21. The fraction of sp³-hybridized carbons (Fsp3) is 0.0526. The molecular weight excluding hydrogens is 291 g/mol. The van der Waals surface area contributed by atoms with Crippen LogP contribution >= 0.6 is 7.72 Å². The van der Waals surface area contributed by atoms with E-state index in [1.54, 1.807) is 0 Å². The highest BCUT2D eigenvalue weighted by atomic mass is 31.2. The molecule has 22 heavy (non-hydrogen) atoms. The Balaban J connectivity index is 1.95. The number of benzene rings is 3. The second-order valence-electron chi connectivity index (χ2n) is 4.99. The van der Waals surface area contributed by atoms with Crippen molar-refractivity contribution in [3.63, 3.8) is 0 Å². The Morgan fingerprint density at radius 1 is 0.545 bits per heavy atom. The molecule has 0 bridgehead atoms. The number of hydrogen-bond donors (Lipinski definition) is 0. The Labute approximate surface area is 131 Å². The van der Waals surface area contributed by atoms with Crippen molar-refractivity contribution >= 4 is 13.0 Å². The van der Waals surface area contributed by atoms with Gasteiger partial charge in [-0.3, -0.25) is 0 Å². The van der Waals surface area contributed by atoms with E-state index in [1.165, 1.54) is 0 Å². The van der Waals surface area contributed by atoms with Crippen LogP contribution in [0.15, 0.2) is 91.0 Å². The van der Waals surface area contributed by atoms with Crippen LogP contribution in [0.3, 0.4) is 0 Å². The standard InChI is InChI=1S/C19H18O2P/c1-22(19-15-9-4-10-16-19,20-17-11-5-2-6-12-17)21-18-13-7-3-8-14-18/h2-16H,1H3/q+1. The van der Waals surface area contributed by atoms with Gasteiger partial charge in [-0.2, -0.15) is 0 Å². The van der Waals surface area contributed by atoms with Crippen LogP contribution in [-0.2, 0) is 0 Å². The highest BCUT2D eigenvalue weighted by molar-refractivity contribution is 7.74.